The van der Waals surface area contributed by atoms with Crippen LogP contribution < -0.4 is 15.4 Å². The Morgan fingerprint density at radius 1 is 1.00 bits per heavy atom. The summed E-state index contributed by atoms with van der Waals surface area (Å²) < 4.78 is 10.5. The third kappa shape index (κ3) is 6.82. The van der Waals surface area contributed by atoms with E-state index in [0.29, 0.717) is 32.7 Å². The Hall–Kier alpha value is -3.37. The van der Waals surface area contributed by atoms with E-state index in [1.54, 1.807) is 61.0 Å². The number of thioether (sulfide) groups is 1. The number of benzene rings is 2. The molecule has 166 valence electrons. The van der Waals surface area contributed by atoms with E-state index in [-0.39, 0.29) is 24.0 Å². The molecule has 0 saturated heterocycles. The highest BCUT2D eigenvalue weighted by Crippen LogP contribution is 2.24. The van der Waals surface area contributed by atoms with Crippen LogP contribution in [0.2, 0.25) is 0 Å². The van der Waals surface area contributed by atoms with E-state index in [2.05, 4.69) is 20.4 Å². The molecular weight excluding hydrogens is 450 g/mol. The normalized spacial score (nSPS) is 10.3. The zero-order chi connectivity index (χ0) is 22.9. The number of nitrogens with one attached hydrogen (secondary N) is 2. The number of methoxy groups -OCH3 is 2. The lowest BCUT2D eigenvalue weighted by atomic mass is 10.2. The van der Waals surface area contributed by atoms with Gasteiger partial charge in [0.15, 0.2) is 4.34 Å². The molecule has 1 aromatic heterocycles. The molecule has 10 heteroatoms. The van der Waals surface area contributed by atoms with Crippen molar-refractivity contribution in [3.05, 3.63) is 65.2 Å². The minimum absolute atomic E-state index is 0.103. The van der Waals surface area contributed by atoms with Crippen LogP contribution in [0.5, 0.6) is 5.75 Å². The van der Waals surface area contributed by atoms with Crippen LogP contribution in [0.15, 0.2) is 58.3 Å². The van der Waals surface area contributed by atoms with Gasteiger partial charge in [-0.15, -0.1) is 11.3 Å². The maximum Gasteiger partial charge on any atom is 0.337 e. The molecule has 3 aromatic rings. The number of rotatable bonds is 9. The van der Waals surface area contributed by atoms with Crippen LogP contribution in [0.3, 0.4) is 0 Å². The molecule has 0 bridgehead atoms. The Kier molecular flexibility index (Phi) is 8.23. The monoisotopic (exact) mass is 471 g/mol. The quantitative estimate of drug-likeness (QED) is 0.361. The number of hydrogen-bond donors (Lipinski definition) is 2. The van der Waals surface area contributed by atoms with Gasteiger partial charge in [-0.2, -0.15) is 0 Å². The Labute approximate surface area is 193 Å². The highest BCUT2D eigenvalue weighted by molar-refractivity contribution is 8.01. The van der Waals surface area contributed by atoms with Gasteiger partial charge in [-0.1, -0.05) is 17.8 Å². The number of ether oxygens (including phenoxy) is 2. The summed E-state index contributed by atoms with van der Waals surface area (Å²) in [4.78, 5) is 40.3. The van der Waals surface area contributed by atoms with Crippen molar-refractivity contribution in [3.63, 3.8) is 0 Å². The number of thiazole rings is 1. The van der Waals surface area contributed by atoms with Crippen molar-refractivity contribution < 1.29 is 23.9 Å². The van der Waals surface area contributed by atoms with E-state index < -0.39 is 5.97 Å². The van der Waals surface area contributed by atoms with Crippen molar-refractivity contribution in [1.82, 2.24) is 4.98 Å². The second-order valence-electron chi connectivity index (χ2n) is 6.47. The molecule has 0 saturated carbocycles. The second kappa shape index (κ2) is 11.3. The summed E-state index contributed by atoms with van der Waals surface area (Å²) in [5.74, 6) is 0.0370. The number of hydrogen-bond acceptors (Lipinski definition) is 8. The highest BCUT2D eigenvalue weighted by atomic mass is 32.2. The van der Waals surface area contributed by atoms with Gasteiger partial charge in [0.2, 0.25) is 11.8 Å². The number of nitrogens with zero attached hydrogens (tertiary/aromatic N) is 1. The van der Waals surface area contributed by atoms with E-state index in [4.69, 9.17) is 4.74 Å². The third-order valence-electron chi connectivity index (χ3n) is 4.14. The molecule has 8 nitrogen and oxygen atoms in total. The van der Waals surface area contributed by atoms with E-state index in [1.165, 1.54) is 30.2 Å². The van der Waals surface area contributed by atoms with Crippen molar-refractivity contribution >= 4 is 52.3 Å². The average molecular weight is 472 g/mol. The lowest BCUT2D eigenvalue weighted by Crippen LogP contribution is -2.15. The SMILES string of the molecule is COC(=O)c1ccc(NC(=O)Cc2csc(SCC(=O)Nc3cccc(OC)c3)n2)cc1. The Morgan fingerprint density at radius 2 is 1.75 bits per heavy atom. The number of amides is 2. The zero-order valence-electron chi connectivity index (χ0n) is 17.4. The van der Waals surface area contributed by atoms with Gasteiger partial charge in [-0.25, -0.2) is 9.78 Å². The Bertz CT molecular complexity index is 1100. The predicted octanol–water partition coefficient (Wildman–Crippen LogP) is 3.85. The van der Waals surface area contributed by atoms with Crippen LogP contribution in [-0.4, -0.2) is 42.7 Å². The first-order chi connectivity index (χ1) is 15.5. The second-order valence-corrected chi connectivity index (χ2v) is 8.55. The first-order valence-corrected chi connectivity index (χ1v) is 11.3. The fraction of sp³-hybridized carbons (Fsp3) is 0.182. The van der Waals surface area contributed by atoms with E-state index in [1.807, 2.05) is 0 Å². The first kappa shape index (κ1) is 23.3. The van der Waals surface area contributed by atoms with Gasteiger partial charge in [0.1, 0.15) is 5.75 Å². The minimum Gasteiger partial charge on any atom is -0.497 e. The molecule has 2 aromatic carbocycles. The van der Waals surface area contributed by atoms with Crippen molar-refractivity contribution in [2.75, 3.05) is 30.6 Å². The van der Waals surface area contributed by atoms with Gasteiger partial charge in [-0.05, 0) is 36.4 Å². The van der Waals surface area contributed by atoms with Crippen LogP contribution in [0.25, 0.3) is 0 Å². The number of aromatic nitrogens is 1. The molecule has 0 aliphatic heterocycles. The fourth-order valence-electron chi connectivity index (χ4n) is 2.64. The molecule has 2 N–H and O–H groups in total. The predicted molar refractivity (Wildman–Crippen MR) is 125 cm³/mol. The number of carbonyl (C=O) groups excluding carboxylic acids is 3. The maximum atomic E-state index is 12.3. The third-order valence-corrected chi connectivity index (χ3v) is 6.21. The Morgan fingerprint density at radius 3 is 2.47 bits per heavy atom. The van der Waals surface area contributed by atoms with Crippen LogP contribution in [0.4, 0.5) is 11.4 Å². The van der Waals surface area contributed by atoms with Gasteiger partial charge in [-0.3, -0.25) is 9.59 Å². The summed E-state index contributed by atoms with van der Waals surface area (Å²) in [6, 6.07) is 13.5. The molecule has 0 spiro atoms. The fourth-order valence-corrected chi connectivity index (χ4v) is 4.28. The van der Waals surface area contributed by atoms with Crippen molar-refractivity contribution in [1.29, 1.82) is 0 Å². The molecule has 0 fully saturated rings. The van der Waals surface area contributed by atoms with Gasteiger partial charge in [0, 0.05) is 22.8 Å². The summed E-state index contributed by atoms with van der Waals surface area (Å²) in [6.45, 7) is 0. The standard InChI is InChI=1S/C22H21N3O5S2/c1-29-18-5-3-4-16(10-18)24-20(27)13-32-22-25-17(12-31-22)11-19(26)23-15-8-6-14(7-9-15)21(28)30-2/h3-10,12H,11,13H2,1-2H3,(H,23,26)(H,24,27). The highest BCUT2D eigenvalue weighted by Gasteiger charge is 2.11. The van der Waals surface area contributed by atoms with Crippen molar-refractivity contribution in [2.45, 2.75) is 10.8 Å². The molecule has 3 rings (SSSR count). The number of carbonyl (C=O) groups is 3. The number of esters is 1. The lowest BCUT2D eigenvalue weighted by Gasteiger charge is -2.06. The van der Waals surface area contributed by atoms with Crippen molar-refractivity contribution in [2.24, 2.45) is 0 Å². The average Bonchev–Trinajstić information content (AvgIpc) is 3.24. The summed E-state index contributed by atoms with van der Waals surface area (Å²) >= 11 is 2.68. The molecule has 1 heterocycles. The summed E-state index contributed by atoms with van der Waals surface area (Å²) in [7, 11) is 2.88. The number of anilines is 2. The van der Waals surface area contributed by atoms with Crippen LogP contribution >= 0.6 is 23.1 Å². The Balaban J connectivity index is 1.46. The van der Waals surface area contributed by atoms with E-state index in [9.17, 15) is 14.4 Å². The molecule has 0 atom stereocenters. The van der Waals surface area contributed by atoms with Gasteiger partial charge in [0.25, 0.3) is 0 Å². The largest absolute Gasteiger partial charge is 0.497 e. The molecule has 0 aliphatic rings. The zero-order valence-corrected chi connectivity index (χ0v) is 19.0. The molecule has 32 heavy (non-hydrogen) atoms. The molecule has 2 amide bonds. The topological polar surface area (TPSA) is 107 Å². The molecular formula is C22H21N3O5S2. The maximum absolute atomic E-state index is 12.3. The van der Waals surface area contributed by atoms with E-state index in [0.717, 1.165) is 0 Å². The van der Waals surface area contributed by atoms with Gasteiger partial charge < -0.3 is 20.1 Å². The van der Waals surface area contributed by atoms with E-state index >= 15 is 0 Å². The lowest BCUT2D eigenvalue weighted by molar-refractivity contribution is -0.116. The minimum atomic E-state index is -0.437. The van der Waals surface area contributed by atoms with Crippen LogP contribution in [0, 0.1) is 0 Å². The summed E-state index contributed by atoms with van der Waals surface area (Å²) in [5.41, 5.74) is 2.25. The molecule has 0 aliphatic carbocycles. The van der Waals surface area contributed by atoms with Gasteiger partial charge in [0.05, 0.1) is 37.7 Å². The van der Waals surface area contributed by atoms with Crippen molar-refractivity contribution in [3.8, 4) is 5.75 Å². The first-order valence-electron chi connectivity index (χ1n) is 9.46. The van der Waals surface area contributed by atoms with Gasteiger partial charge >= 0.3 is 5.97 Å². The molecule has 0 radical (unpaired) electrons. The molecule has 0 unspecified atom stereocenters. The summed E-state index contributed by atoms with van der Waals surface area (Å²) in [5, 5.41) is 7.37. The van der Waals surface area contributed by atoms with Crippen LogP contribution in [0.1, 0.15) is 16.1 Å². The summed E-state index contributed by atoms with van der Waals surface area (Å²) in [6.07, 6.45) is 0.103. The van der Waals surface area contributed by atoms with Crippen LogP contribution in [-0.2, 0) is 20.7 Å². The smallest absolute Gasteiger partial charge is 0.337 e.